The lowest BCUT2D eigenvalue weighted by molar-refractivity contribution is 0.270. The van der Waals surface area contributed by atoms with Gasteiger partial charge >= 0.3 is 0 Å². The molecule has 0 unspecified atom stereocenters. The first kappa shape index (κ1) is 29.5. The molecule has 5 rings (SSSR count). The zero-order valence-electron chi connectivity index (χ0n) is 24.8. The SMILES string of the molecule is c1ccc(CCN(CCc2ccccc2)Cc2ccc(CN(CCc3ccccc3)CCc3ccccc3)cc2)cc1. The zero-order valence-corrected chi connectivity index (χ0v) is 24.8. The van der Waals surface area contributed by atoms with Crippen molar-refractivity contribution in [2.45, 2.75) is 38.8 Å². The van der Waals surface area contributed by atoms with E-state index in [-0.39, 0.29) is 0 Å². The van der Waals surface area contributed by atoms with Crippen LogP contribution in [0, 0.1) is 0 Å². The lowest BCUT2D eigenvalue weighted by atomic mass is 10.1. The van der Waals surface area contributed by atoms with Gasteiger partial charge in [-0.15, -0.1) is 0 Å². The maximum absolute atomic E-state index is 2.61. The van der Waals surface area contributed by atoms with E-state index in [0.29, 0.717) is 0 Å². The summed E-state index contributed by atoms with van der Waals surface area (Å²) in [7, 11) is 0. The molecule has 0 N–H and O–H groups in total. The number of benzene rings is 5. The molecule has 0 aliphatic carbocycles. The Bertz CT molecular complexity index is 1200. The summed E-state index contributed by atoms with van der Waals surface area (Å²) in [6, 6.07) is 52.9. The quantitative estimate of drug-likeness (QED) is 0.122. The van der Waals surface area contributed by atoms with Crippen LogP contribution in [0.15, 0.2) is 146 Å². The Morgan fingerprint density at radius 1 is 0.262 bits per heavy atom. The first-order valence-electron chi connectivity index (χ1n) is 15.5. The van der Waals surface area contributed by atoms with Crippen molar-refractivity contribution in [3.05, 3.63) is 179 Å². The molecule has 0 aliphatic rings. The van der Waals surface area contributed by atoms with Gasteiger partial charge in [0.1, 0.15) is 0 Å². The molecule has 2 nitrogen and oxygen atoms in total. The van der Waals surface area contributed by atoms with Crippen molar-refractivity contribution in [3.63, 3.8) is 0 Å². The predicted molar refractivity (Wildman–Crippen MR) is 178 cm³/mol. The van der Waals surface area contributed by atoms with E-state index in [2.05, 4.69) is 155 Å². The minimum Gasteiger partial charge on any atom is -0.298 e. The molecular weight excluding hydrogens is 508 g/mol. The van der Waals surface area contributed by atoms with Crippen LogP contribution in [0.25, 0.3) is 0 Å². The van der Waals surface area contributed by atoms with Crippen molar-refractivity contribution >= 4 is 0 Å². The minimum atomic E-state index is 0.978. The Labute approximate surface area is 253 Å². The Hall–Kier alpha value is -3.98. The van der Waals surface area contributed by atoms with E-state index < -0.39 is 0 Å². The summed E-state index contributed by atoms with van der Waals surface area (Å²) in [6.07, 6.45) is 4.30. The van der Waals surface area contributed by atoms with E-state index in [9.17, 15) is 0 Å². The molecule has 5 aromatic carbocycles. The van der Waals surface area contributed by atoms with Gasteiger partial charge in [0.05, 0.1) is 0 Å². The molecule has 0 bridgehead atoms. The third-order valence-corrected chi connectivity index (χ3v) is 8.07. The Balaban J connectivity index is 1.20. The van der Waals surface area contributed by atoms with Crippen LogP contribution in [0.5, 0.6) is 0 Å². The molecule has 0 radical (unpaired) electrons. The summed E-state index contributed by atoms with van der Waals surface area (Å²) in [5.41, 5.74) is 8.40. The first-order chi connectivity index (χ1) is 20.8. The minimum absolute atomic E-state index is 0.978. The number of rotatable bonds is 16. The third kappa shape index (κ3) is 10.1. The Morgan fingerprint density at radius 2 is 0.500 bits per heavy atom. The van der Waals surface area contributed by atoms with Gasteiger partial charge in [-0.2, -0.15) is 0 Å². The van der Waals surface area contributed by atoms with Crippen LogP contribution in [0.3, 0.4) is 0 Å². The van der Waals surface area contributed by atoms with Crippen LogP contribution < -0.4 is 0 Å². The van der Waals surface area contributed by atoms with Crippen LogP contribution in [0.2, 0.25) is 0 Å². The van der Waals surface area contributed by atoms with Crippen molar-refractivity contribution in [2.75, 3.05) is 26.2 Å². The van der Waals surface area contributed by atoms with Gasteiger partial charge in [0.25, 0.3) is 0 Å². The number of hydrogen-bond acceptors (Lipinski definition) is 2. The van der Waals surface area contributed by atoms with Gasteiger partial charge in [-0.25, -0.2) is 0 Å². The van der Waals surface area contributed by atoms with Gasteiger partial charge < -0.3 is 0 Å². The molecule has 2 heteroatoms. The summed E-state index contributed by atoms with van der Waals surface area (Å²) in [4.78, 5) is 5.22. The maximum Gasteiger partial charge on any atom is 0.0233 e. The summed E-state index contributed by atoms with van der Waals surface area (Å²) in [5.74, 6) is 0. The van der Waals surface area contributed by atoms with Crippen molar-refractivity contribution in [1.82, 2.24) is 9.80 Å². The van der Waals surface area contributed by atoms with Gasteiger partial charge in [-0.3, -0.25) is 9.80 Å². The molecule has 214 valence electrons. The second kappa shape index (κ2) is 16.5. The highest BCUT2D eigenvalue weighted by Gasteiger charge is 2.10. The normalized spacial score (nSPS) is 11.3. The summed E-state index contributed by atoms with van der Waals surface area (Å²) in [5, 5.41) is 0. The lowest BCUT2D eigenvalue weighted by Gasteiger charge is -2.24. The van der Waals surface area contributed by atoms with Crippen molar-refractivity contribution in [1.29, 1.82) is 0 Å². The van der Waals surface area contributed by atoms with E-state index in [0.717, 1.165) is 65.0 Å². The second-order valence-electron chi connectivity index (χ2n) is 11.3. The van der Waals surface area contributed by atoms with E-state index >= 15 is 0 Å². The summed E-state index contributed by atoms with van der Waals surface area (Å²) < 4.78 is 0. The van der Waals surface area contributed by atoms with Gasteiger partial charge in [-0.05, 0) is 59.1 Å². The fourth-order valence-electron chi connectivity index (χ4n) is 5.53. The van der Waals surface area contributed by atoms with Gasteiger partial charge in [-0.1, -0.05) is 146 Å². The summed E-state index contributed by atoms with van der Waals surface area (Å²) >= 11 is 0. The van der Waals surface area contributed by atoms with E-state index in [1.54, 1.807) is 0 Å². The molecule has 0 saturated carbocycles. The molecule has 0 fully saturated rings. The molecule has 5 aromatic rings. The zero-order chi connectivity index (χ0) is 28.7. The first-order valence-corrected chi connectivity index (χ1v) is 15.5. The maximum atomic E-state index is 2.61. The smallest absolute Gasteiger partial charge is 0.0233 e. The lowest BCUT2D eigenvalue weighted by Crippen LogP contribution is -2.28. The fourth-order valence-corrected chi connectivity index (χ4v) is 5.53. The number of hydrogen-bond donors (Lipinski definition) is 0. The molecule has 0 heterocycles. The third-order valence-electron chi connectivity index (χ3n) is 8.07. The predicted octanol–water partition coefficient (Wildman–Crippen LogP) is 8.26. The van der Waals surface area contributed by atoms with Crippen molar-refractivity contribution in [3.8, 4) is 0 Å². The molecule has 0 spiro atoms. The van der Waals surface area contributed by atoms with Crippen LogP contribution in [0.4, 0.5) is 0 Å². The Morgan fingerprint density at radius 3 is 0.738 bits per heavy atom. The molecule has 0 aliphatic heterocycles. The highest BCUT2D eigenvalue weighted by Crippen LogP contribution is 2.14. The average molecular weight is 553 g/mol. The van der Waals surface area contributed by atoms with Crippen molar-refractivity contribution < 1.29 is 0 Å². The Kier molecular flexibility index (Phi) is 11.6. The molecule has 42 heavy (non-hydrogen) atoms. The van der Waals surface area contributed by atoms with Crippen LogP contribution >= 0.6 is 0 Å². The monoisotopic (exact) mass is 552 g/mol. The van der Waals surface area contributed by atoms with Gasteiger partial charge in [0.2, 0.25) is 0 Å². The summed E-state index contributed by atoms with van der Waals surface area (Å²) in [6.45, 7) is 6.20. The van der Waals surface area contributed by atoms with Crippen LogP contribution in [-0.2, 0) is 38.8 Å². The molecule has 0 aromatic heterocycles. The number of nitrogens with zero attached hydrogens (tertiary/aromatic N) is 2. The molecule has 0 amide bonds. The van der Waals surface area contributed by atoms with Gasteiger partial charge in [0, 0.05) is 39.3 Å². The highest BCUT2D eigenvalue weighted by molar-refractivity contribution is 5.24. The largest absolute Gasteiger partial charge is 0.298 e. The van der Waals surface area contributed by atoms with Crippen LogP contribution in [0.1, 0.15) is 33.4 Å². The standard InChI is InChI=1S/C40H44N2/c1-5-13-35(14-6-1)25-29-41(30-26-36-15-7-2-8-16-36)33-39-21-23-40(24-22-39)34-42(31-27-37-17-9-3-10-18-37)32-28-38-19-11-4-12-20-38/h1-24H,25-34H2. The molecule has 0 saturated heterocycles. The highest BCUT2D eigenvalue weighted by atomic mass is 15.1. The van der Waals surface area contributed by atoms with Crippen molar-refractivity contribution in [2.24, 2.45) is 0 Å². The fraction of sp³-hybridized carbons (Fsp3) is 0.250. The molecule has 0 atom stereocenters. The second-order valence-corrected chi connectivity index (χ2v) is 11.3. The van der Waals surface area contributed by atoms with E-state index in [1.807, 2.05) is 0 Å². The average Bonchev–Trinajstić information content (AvgIpc) is 3.06. The van der Waals surface area contributed by atoms with Crippen LogP contribution in [-0.4, -0.2) is 36.0 Å². The topological polar surface area (TPSA) is 6.48 Å². The molecular formula is C40H44N2. The van der Waals surface area contributed by atoms with E-state index in [4.69, 9.17) is 0 Å². The van der Waals surface area contributed by atoms with E-state index in [1.165, 1.54) is 33.4 Å². The van der Waals surface area contributed by atoms with Gasteiger partial charge in [0.15, 0.2) is 0 Å².